The van der Waals surface area contributed by atoms with Gasteiger partial charge >= 0.3 is 5.69 Å². The third kappa shape index (κ3) is 4.88. The first kappa shape index (κ1) is 24.4. The fraction of sp³-hybridized carbons (Fsp3) is 0.450. The van der Waals surface area contributed by atoms with Gasteiger partial charge in [0.25, 0.3) is 11.5 Å². The van der Waals surface area contributed by atoms with Crippen molar-refractivity contribution < 1.29 is 13.2 Å². The number of hydrogen-bond acceptors (Lipinski definition) is 6. The van der Waals surface area contributed by atoms with E-state index in [1.54, 1.807) is 13.8 Å². The molecule has 0 radical (unpaired) electrons. The molecule has 2 rings (SSSR count). The zero-order valence-corrected chi connectivity index (χ0v) is 19.0. The summed E-state index contributed by atoms with van der Waals surface area (Å²) in [5.74, 6) is -0.663. The zero-order chi connectivity index (χ0) is 23.3. The van der Waals surface area contributed by atoms with Crippen LogP contribution in [0, 0.1) is 0 Å². The monoisotopic (exact) mass is 451 g/mol. The summed E-state index contributed by atoms with van der Waals surface area (Å²) in [7, 11) is -2.28. The molecule has 0 atom stereocenters. The summed E-state index contributed by atoms with van der Waals surface area (Å²) in [5, 5.41) is 0. The van der Waals surface area contributed by atoms with Crippen LogP contribution in [0.4, 0.5) is 11.5 Å². The third-order valence-corrected chi connectivity index (χ3v) is 7.10. The van der Waals surface area contributed by atoms with Gasteiger partial charge in [0.15, 0.2) is 5.69 Å². The van der Waals surface area contributed by atoms with Crippen LogP contribution in [0.15, 0.2) is 38.8 Å². The Morgan fingerprint density at radius 2 is 1.68 bits per heavy atom. The maximum absolute atomic E-state index is 12.9. The van der Waals surface area contributed by atoms with E-state index in [-0.39, 0.29) is 22.0 Å². The first-order valence-corrected chi connectivity index (χ1v) is 11.5. The lowest BCUT2D eigenvalue weighted by atomic mass is 10.2. The van der Waals surface area contributed by atoms with Crippen LogP contribution in [0.3, 0.4) is 0 Å². The number of carbonyl (C=O) groups is 1. The Kier molecular flexibility index (Phi) is 7.80. The number of rotatable bonds is 9. The van der Waals surface area contributed by atoms with Crippen LogP contribution >= 0.6 is 0 Å². The molecule has 0 saturated carbocycles. The van der Waals surface area contributed by atoms with E-state index in [0.29, 0.717) is 26.1 Å². The number of nitrogen functional groups attached to an aromatic ring is 1. The van der Waals surface area contributed by atoms with Crippen LogP contribution in [0.1, 0.15) is 44.0 Å². The van der Waals surface area contributed by atoms with Crippen molar-refractivity contribution in [2.75, 3.05) is 30.8 Å². The average molecular weight is 452 g/mol. The molecule has 0 saturated heterocycles. The van der Waals surface area contributed by atoms with Gasteiger partial charge in [-0.05, 0) is 30.7 Å². The molecule has 1 aromatic heterocycles. The molecule has 170 valence electrons. The largest absolute Gasteiger partial charge is 0.383 e. The number of nitrogens with zero attached hydrogens (tertiary/aromatic N) is 3. The second-order valence-corrected chi connectivity index (χ2v) is 8.91. The predicted molar refractivity (Wildman–Crippen MR) is 120 cm³/mol. The molecule has 1 aromatic carbocycles. The molecule has 3 N–H and O–H groups in total. The second-order valence-electron chi connectivity index (χ2n) is 6.98. The van der Waals surface area contributed by atoms with E-state index < -0.39 is 27.2 Å². The minimum Gasteiger partial charge on any atom is -0.383 e. The van der Waals surface area contributed by atoms with Gasteiger partial charge in [-0.1, -0.05) is 27.2 Å². The normalized spacial score (nSPS) is 11.6. The zero-order valence-electron chi connectivity index (χ0n) is 18.2. The average Bonchev–Trinajstić information content (AvgIpc) is 2.73. The SMILES string of the molecule is CCCCn1c(N)c(N(C)C(=O)c2ccc(S(=O)(=O)N(CC)CC)cc2)c(=O)[nH]c1=O. The van der Waals surface area contributed by atoms with Crippen molar-refractivity contribution in [1.29, 1.82) is 0 Å². The molecule has 0 bridgehead atoms. The fourth-order valence-electron chi connectivity index (χ4n) is 3.22. The van der Waals surface area contributed by atoms with Crippen molar-refractivity contribution in [3.05, 3.63) is 50.7 Å². The van der Waals surface area contributed by atoms with E-state index in [1.165, 1.54) is 40.2 Å². The predicted octanol–water partition coefficient (Wildman–Crippen LogP) is 1.23. The summed E-state index contributed by atoms with van der Waals surface area (Å²) in [6.45, 7) is 6.42. The molecule has 0 aliphatic heterocycles. The van der Waals surface area contributed by atoms with Crippen LogP contribution in [-0.2, 0) is 16.6 Å². The van der Waals surface area contributed by atoms with Crippen molar-refractivity contribution >= 4 is 27.4 Å². The molecule has 1 amide bonds. The highest BCUT2D eigenvalue weighted by molar-refractivity contribution is 7.89. The summed E-state index contributed by atoms with van der Waals surface area (Å²) < 4.78 is 27.8. The van der Waals surface area contributed by atoms with Crippen LogP contribution in [0.2, 0.25) is 0 Å². The Hall–Kier alpha value is -2.92. The van der Waals surface area contributed by atoms with Gasteiger partial charge < -0.3 is 10.6 Å². The molecule has 1 heterocycles. The molecule has 2 aromatic rings. The van der Waals surface area contributed by atoms with Gasteiger partial charge in [0.1, 0.15) is 5.82 Å². The number of H-pyrrole nitrogens is 1. The smallest absolute Gasteiger partial charge is 0.330 e. The van der Waals surface area contributed by atoms with Gasteiger partial charge in [-0.25, -0.2) is 13.2 Å². The number of sulfonamides is 1. The van der Waals surface area contributed by atoms with Gasteiger partial charge in [0.2, 0.25) is 10.0 Å². The summed E-state index contributed by atoms with van der Waals surface area (Å²) in [6.07, 6.45) is 1.49. The topological polar surface area (TPSA) is 139 Å². The van der Waals surface area contributed by atoms with E-state index in [9.17, 15) is 22.8 Å². The van der Waals surface area contributed by atoms with Crippen LogP contribution < -0.4 is 21.9 Å². The molecule has 0 aliphatic carbocycles. The third-order valence-electron chi connectivity index (χ3n) is 5.03. The fourth-order valence-corrected chi connectivity index (χ4v) is 4.67. The minimum absolute atomic E-state index is 0.0703. The molecule has 11 heteroatoms. The number of unbranched alkanes of at least 4 members (excludes halogenated alkanes) is 1. The molecule has 0 spiro atoms. The van der Waals surface area contributed by atoms with E-state index in [1.807, 2.05) is 6.92 Å². The minimum atomic E-state index is -3.65. The standard InChI is InChI=1S/C20H29N5O5S/c1-5-8-13-25-17(21)16(18(26)22-20(25)28)23(4)19(27)14-9-11-15(12-10-14)31(29,30)24(6-2)7-3/h9-12H,5-8,13,21H2,1-4H3,(H,22,26,28). The van der Waals surface area contributed by atoms with Gasteiger partial charge in [-0.3, -0.25) is 19.1 Å². The van der Waals surface area contributed by atoms with E-state index in [4.69, 9.17) is 5.73 Å². The van der Waals surface area contributed by atoms with Crippen molar-refractivity contribution in [3.63, 3.8) is 0 Å². The first-order valence-electron chi connectivity index (χ1n) is 10.1. The molecular weight excluding hydrogens is 422 g/mol. The Morgan fingerprint density at radius 3 is 2.19 bits per heavy atom. The first-order chi connectivity index (χ1) is 14.6. The highest BCUT2D eigenvalue weighted by atomic mass is 32.2. The van der Waals surface area contributed by atoms with Crippen molar-refractivity contribution in [3.8, 4) is 0 Å². The number of nitrogens with two attached hydrogens (primary N) is 1. The van der Waals surface area contributed by atoms with Crippen molar-refractivity contribution in [1.82, 2.24) is 13.9 Å². The molecule has 0 fully saturated rings. The van der Waals surface area contributed by atoms with Crippen LogP contribution in [-0.4, -0.2) is 48.3 Å². The molecule has 31 heavy (non-hydrogen) atoms. The van der Waals surface area contributed by atoms with Crippen molar-refractivity contribution in [2.24, 2.45) is 0 Å². The number of amides is 1. The highest BCUT2D eigenvalue weighted by Crippen LogP contribution is 2.20. The van der Waals surface area contributed by atoms with Gasteiger partial charge in [-0.15, -0.1) is 0 Å². The Balaban J connectivity index is 2.40. The van der Waals surface area contributed by atoms with E-state index in [0.717, 1.165) is 11.3 Å². The van der Waals surface area contributed by atoms with Crippen molar-refractivity contribution in [2.45, 2.75) is 45.1 Å². The van der Waals surface area contributed by atoms with E-state index >= 15 is 0 Å². The number of carbonyl (C=O) groups excluding carboxylic acids is 1. The van der Waals surface area contributed by atoms with Gasteiger partial charge in [0.05, 0.1) is 4.90 Å². The molecule has 10 nitrogen and oxygen atoms in total. The maximum atomic E-state index is 12.9. The summed E-state index contributed by atoms with van der Waals surface area (Å²) in [6, 6.07) is 5.47. The van der Waals surface area contributed by atoms with Gasteiger partial charge in [0, 0.05) is 32.2 Å². The Bertz CT molecular complexity index is 1150. The van der Waals surface area contributed by atoms with Gasteiger partial charge in [-0.2, -0.15) is 4.31 Å². The number of aromatic nitrogens is 2. The lowest BCUT2D eigenvalue weighted by Crippen LogP contribution is -2.39. The van der Waals surface area contributed by atoms with Crippen LogP contribution in [0.25, 0.3) is 0 Å². The summed E-state index contributed by atoms with van der Waals surface area (Å²) in [4.78, 5) is 40.7. The number of anilines is 2. The van der Waals surface area contributed by atoms with E-state index in [2.05, 4.69) is 4.98 Å². The summed E-state index contributed by atoms with van der Waals surface area (Å²) >= 11 is 0. The number of nitrogens with one attached hydrogen (secondary N) is 1. The van der Waals surface area contributed by atoms with Crippen LogP contribution in [0.5, 0.6) is 0 Å². The molecule has 0 unspecified atom stereocenters. The number of hydrogen-bond donors (Lipinski definition) is 2. The quantitative estimate of drug-likeness (QED) is 0.588. The Labute approximate surface area is 181 Å². The molecular formula is C20H29N5O5S. The second kappa shape index (κ2) is 9.92. The lowest BCUT2D eigenvalue weighted by molar-refractivity contribution is 0.0992. The Morgan fingerprint density at radius 1 is 1.10 bits per heavy atom. The summed E-state index contributed by atoms with van der Waals surface area (Å²) in [5.41, 5.74) is 4.68. The molecule has 0 aliphatic rings. The number of benzene rings is 1. The lowest BCUT2D eigenvalue weighted by Gasteiger charge is -2.21. The number of aromatic amines is 1. The highest BCUT2D eigenvalue weighted by Gasteiger charge is 2.24. The maximum Gasteiger partial charge on any atom is 0.330 e.